The van der Waals surface area contributed by atoms with Crippen molar-refractivity contribution in [3.8, 4) is 17.1 Å². The molecule has 0 fully saturated rings. The van der Waals surface area contributed by atoms with Crippen molar-refractivity contribution in [3.63, 3.8) is 0 Å². The number of Topliss-reactive ketones (excluding diaryl/α,β-unsaturated/α-hetero) is 1. The quantitative estimate of drug-likeness (QED) is 0.720. The number of fused-ring (bicyclic) bond motifs is 1. The van der Waals surface area contributed by atoms with Crippen molar-refractivity contribution in [3.05, 3.63) is 53.0 Å². The minimum Gasteiger partial charge on any atom is -0.381 e. The van der Waals surface area contributed by atoms with Crippen molar-refractivity contribution in [1.29, 1.82) is 0 Å². The predicted octanol–water partition coefficient (Wildman–Crippen LogP) is 2.41. The minimum absolute atomic E-state index is 0.0571. The second-order valence-corrected chi connectivity index (χ2v) is 7.11. The number of nitrogens with two attached hydrogens (primary N) is 1. The van der Waals surface area contributed by atoms with E-state index in [4.69, 9.17) is 5.73 Å². The van der Waals surface area contributed by atoms with Gasteiger partial charge in [0.25, 0.3) is 0 Å². The van der Waals surface area contributed by atoms with E-state index in [-0.39, 0.29) is 11.6 Å². The van der Waals surface area contributed by atoms with Crippen molar-refractivity contribution >= 4 is 11.6 Å². The van der Waals surface area contributed by atoms with E-state index in [1.807, 2.05) is 0 Å². The van der Waals surface area contributed by atoms with Crippen LogP contribution in [-0.2, 0) is 13.0 Å². The van der Waals surface area contributed by atoms with Gasteiger partial charge >= 0.3 is 0 Å². The van der Waals surface area contributed by atoms with Gasteiger partial charge in [-0.1, -0.05) is 0 Å². The van der Waals surface area contributed by atoms with E-state index in [9.17, 15) is 4.79 Å². The molecule has 2 N–H and O–H groups in total. The van der Waals surface area contributed by atoms with Crippen molar-refractivity contribution in [2.45, 2.75) is 26.8 Å². The van der Waals surface area contributed by atoms with E-state index in [1.54, 1.807) is 12.4 Å². The average molecular weight is 362 g/mol. The number of rotatable bonds is 3. The molecular weight excluding hydrogens is 340 g/mol. The first-order valence-corrected chi connectivity index (χ1v) is 8.92. The molecule has 0 atom stereocenters. The first kappa shape index (κ1) is 17.4. The van der Waals surface area contributed by atoms with Gasteiger partial charge in [-0.2, -0.15) is 5.10 Å². The Morgan fingerprint density at radius 3 is 2.81 bits per heavy atom. The van der Waals surface area contributed by atoms with Gasteiger partial charge in [0.15, 0.2) is 17.4 Å². The van der Waals surface area contributed by atoms with Crippen LogP contribution < -0.4 is 5.73 Å². The Bertz CT molecular complexity index is 1040. The Kier molecular flexibility index (Phi) is 4.24. The van der Waals surface area contributed by atoms with Crippen molar-refractivity contribution in [2.24, 2.45) is 0 Å². The second kappa shape index (κ2) is 6.59. The largest absolute Gasteiger partial charge is 0.381 e. The third-order valence-electron chi connectivity index (χ3n) is 5.03. The molecule has 3 heterocycles. The second-order valence-electron chi connectivity index (χ2n) is 7.11. The van der Waals surface area contributed by atoms with Crippen molar-refractivity contribution in [2.75, 3.05) is 19.3 Å². The number of anilines is 1. The maximum absolute atomic E-state index is 11.5. The van der Waals surface area contributed by atoms with Crippen LogP contribution in [0.2, 0.25) is 0 Å². The number of carbonyl (C=O) groups excluding carboxylic acids is 1. The number of nitrogen functional groups attached to an aromatic ring is 1. The van der Waals surface area contributed by atoms with E-state index in [2.05, 4.69) is 46.1 Å². The number of aryl methyl sites for hydroxylation is 1. The number of ketones is 1. The SMILES string of the molecule is CC(=O)c1cnn(-c2nc(-c3cc(C)c4c(c3)CN(C)CC4)cnc2N)c1. The minimum atomic E-state index is -0.0571. The lowest BCUT2D eigenvalue weighted by atomic mass is 9.92. The molecule has 0 bridgehead atoms. The van der Waals surface area contributed by atoms with Crippen molar-refractivity contribution in [1.82, 2.24) is 24.6 Å². The van der Waals surface area contributed by atoms with Gasteiger partial charge in [0, 0.05) is 24.8 Å². The van der Waals surface area contributed by atoms with E-state index in [0.717, 1.165) is 30.8 Å². The summed E-state index contributed by atoms with van der Waals surface area (Å²) in [6, 6.07) is 4.34. The van der Waals surface area contributed by atoms with Crippen LogP contribution in [-0.4, -0.2) is 44.0 Å². The van der Waals surface area contributed by atoms with Gasteiger partial charge in [0.1, 0.15) is 0 Å². The summed E-state index contributed by atoms with van der Waals surface area (Å²) in [5, 5.41) is 4.21. The van der Waals surface area contributed by atoms with Crippen LogP contribution in [0.15, 0.2) is 30.7 Å². The molecule has 0 unspecified atom stereocenters. The number of benzene rings is 1. The van der Waals surface area contributed by atoms with Gasteiger partial charge in [-0.15, -0.1) is 0 Å². The van der Waals surface area contributed by atoms with Crippen molar-refractivity contribution < 1.29 is 4.79 Å². The van der Waals surface area contributed by atoms with E-state index >= 15 is 0 Å². The highest BCUT2D eigenvalue weighted by Crippen LogP contribution is 2.29. The molecule has 1 aliphatic heterocycles. The molecular formula is C20H22N6O. The lowest BCUT2D eigenvalue weighted by Crippen LogP contribution is -2.27. The Hall–Kier alpha value is -3.06. The van der Waals surface area contributed by atoms with E-state index in [0.29, 0.717) is 11.4 Å². The zero-order chi connectivity index (χ0) is 19.1. The third-order valence-corrected chi connectivity index (χ3v) is 5.03. The van der Waals surface area contributed by atoms with Gasteiger partial charge in [-0.3, -0.25) is 4.79 Å². The summed E-state index contributed by atoms with van der Waals surface area (Å²) in [5.74, 6) is 0.636. The summed E-state index contributed by atoms with van der Waals surface area (Å²) in [7, 11) is 2.14. The van der Waals surface area contributed by atoms with E-state index < -0.39 is 0 Å². The van der Waals surface area contributed by atoms with Gasteiger partial charge in [0.05, 0.1) is 23.7 Å². The smallest absolute Gasteiger partial charge is 0.196 e. The zero-order valence-corrected chi connectivity index (χ0v) is 15.7. The molecule has 3 aromatic rings. The Balaban J connectivity index is 1.78. The molecule has 0 aliphatic carbocycles. The van der Waals surface area contributed by atoms with Gasteiger partial charge in [0.2, 0.25) is 0 Å². The first-order valence-electron chi connectivity index (χ1n) is 8.92. The summed E-state index contributed by atoms with van der Waals surface area (Å²) in [6.07, 6.45) is 5.88. The molecule has 1 aliphatic rings. The molecule has 7 heteroatoms. The molecule has 4 rings (SSSR count). The highest BCUT2D eigenvalue weighted by atomic mass is 16.1. The summed E-state index contributed by atoms with van der Waals surface area (Å²) >= 11 is 0. The summed E-state index contributed by atoms with van der Waals surface area (Å²) in [4.78, 5) is 22.8. The number of hydrogen-bond donors (Lipinski definition) is 1. The molecule has 1 aromatic carbocycles. The van der Waals surface area contributed by atoms with Crippen LogP contribution in [0.3, 0.4) is 0 Å². The number of aromatic nitrogens is 4. The number of hydrogen-bond acceptors (Lipinski definition) is 6. The fraction of sp³-hybridized carbons (Fsp3) is 0.300. The normalized spacial score (nSPS) is 14.2. The fourth-order valence-corrected chi connectivity index (χ4v) is 3.53. The third kappa shape index (κ3) is 3.21. The van der Waals surface area contributed by atoms with Gasteiger partial charge < -0.3 is 10.6 Å². The molecule has 0 amide bonds. The number of likely N-dealkylation sites (N-methyl/N-ethyl adjacent to an activating group) is 1. The summed E-state index contributed by atoms with van der Waals surface area (Å²) in [5.41, 5.74) is 12.3. The summed E-state index contributed by atoms with van der Waals surface area (Å²) in [6.45, 7) is 5.66. The Morgan fingerprint density at radius 1 is 1.26 bits per heavy atom. The molecule has 0 saturated carbocycles. The van der Waals surface area contributed by atoms with Crippen LogP contribution in [0.25, 0.3) is 17.1 Å². The standard InChI is InChI=1S/C20H22N6O/c1-12-6-14(7-15-10-25(3)5-4-17(12)15)18-9-22-19(21)20(24-18)26-11-16(8-23-26)13(2)27/h6-9,11H,4-5,10H2,1-3H3,(H2,21,22). The number of carbonyl (C=O) groups is 1. The zero-order valence-electron chi connectivity index (χ0n) is 15.7. The molecule has 138 valence electrons. The molecule has 0 radical (unpaired) electrons. The monoisotopic (exact) mass is 362 g/mol. The maximum atomic E-state index is 11.5. The Morgan fingerprint density at radius 2 is 2.07 bits per heavy atom. The van der Waals surface area contributed by atoms with Crippen LogP contribution in [0.4, 0.5) is 5.82 Å². The van der Waals surface area contributed by atoms with Crippen LogP contribution in [0, 0.1) is 6.92 Å². The predicted molar refractivity (Wildman–Crippen MR) is 104 cm³/mol. The average Bonchev–Trinajstić information content (AvgIpc) is 3.12. The molecule has 27 heavy (non-hydrogen) atoms. The number of nitrogens with zero attached hydrogens (tertiary/aromatic N) is 5. The Labute approximate surface area is 157 Å². The van der Waals surface area contributed by atoms with Crippen LogP contribution >= 0.6 is 0 Å². The van der Waals surface area contributed by atoms with E-state index in [1.165, 1.54) is 34.5 Å². The molecule has 2 aromatic heterocycles. The molecule has 7 nitrogen and oxygen atoms in total. The van der Waals surface area contributed by atoms with Crippen LogP contribution in [0.5, 0.6) is 0 Å². The summed E-state index contributed by atoms with van der Waals surface area (Å²) < 4.78 is 1.50. The molecule has 0 saturated heterocycles. The highest BCUT2D eigenvalue weighted by molar-refractivity contribution is 5.93. The lowest BCUT2D eigenvalue weighted by molar-refractivity contribution is 0.101. The van der Waals surface area contributed by atoms with Gasteiger partial charge in [-0.05, 0) is 56.1 Å². The lowest BCUT2D eigenvalue weighted by Gasteiger charge is -2.27. The molecule has 0 spiro atoms. The van der Waals surface area contributed by atoms with Gasteiger partial charge in [-0.25, -0.2) is 14.6 Å². The fourth-order valence-electron chi connectivity index (χ4n) is 3.53. The topological polar surface area (TPSA) is 89.9 Å². The maximum Gasteiger partial charge on any atom is 0.196 e. The first-order chi connectivity index (χ1) is 12.9. The van der Waals surface area contributed by atoms with Crippen LogP contribution in [0.1, 0.15) is 34.0 Å². The highest BCUT2D eigenvalue weighted by Gasteiger charge is 2.18.